The number of rotatable bonds is 3. The van der Waals surface area contributed by atoms with Crippen LogP contribution in [0.2, 0.25) is 0 Å². The van der Waals surface area contributed by atoms with Gasteiger partial charge in [0.15, 0.2) is 0 Å². The smallest absolute Gasteiger partial charge is 0.319 e. The molecule has 1 saturated carbocycles. The molecule has 1 aromatic carbocycles. The van der Waals surface area contributed by atoms with Crippen LogP contribution in [-0.4, -0.2) is 18.4 Å². The summed E-state index contributed by atoms with van der Waals surface area (Å²) in [5.74, 6) is 0. The highest BCUT2D eigenvalue weighted by Crippen LogP contribution is 2.18. The van der Waals surface area contributed by atoms with Crippen molar-refractivity contribution >= 4 is 18.0 Å². The van der Waals surface area contributed by atoms with Gasteiger partial charge < -0.3 is 10.6 Å². The molecule has 78 valence electrons. The van der Waals surface area contributed by atoms with Gasteiger partial charge in [0, 0.05) is 17.3 Å². The summed E-state index contributed by atoms with van der Waals surface area (Å²) in [7, 11) is 0. The van der Waals surface area contributed by atoms with E-state index in [2.05, 4.69) is 10.6 Å². The van der Waals surface area contributed by atoms with E-state index in [1.54, 1.807) is 24.3 Å². The fraction of sp³-hybridized carbons (Fsp3) is 0.273. The molecule has 0 aromatic heterocycles. The predicted octanol–water partition coefficient (Wildman–Crippen LogP) is 1.78. The molecule has 2 rings (SSSR count). The normalized spacial score (nSPS) is 14.4. The summed E-state index contributed by atoms with van der Waals surface area (Å²) in [4.78, 5) is 21.7. The molecule has 0 saturated heterocycles. The van der Waals surface area contributed by atoms with E-state index in [4.69, 9.17) is 0 Å². The minimum Gasteiger partial charge on any atom is -0.335 e. The maximum absolute atomic E-state index is 11.3. The predicted molar refractivity (Wildman–Crippen MR) is 57.0 cm³/mol. The van der Waals surface area contributed by atoms with Crippen LogP contribution in [0.3, 0.4) is 0 Å². The maximum atomic E-state index is 11.3. The number of aldehydes is 1. The Kier molecular flexibility index (Phi) is 2.67. The molecule has 0 aliphatic heterocycles. The SMILES string of the molecule is O=Cc1ccc(NC(=O)NC2CC2)cc1. The van der Waals surface area contributed by atoms with Crippen LogP contribution in [-0.2, 0) is 0 Å². The lowest BCUT2D eigenvalue weighted by Crippen LogP contribution is -2.30. The minimum absolute atomic E-state index is 0.184. The molecule has 0 bridgehead atoms. The van der Waals surface area contributed by atoms with Gasteiger partial charge in [-0.3, -0.25) is 4.79 Å². The second-order valence-corrected chi connectivity index (χ2v) is 3.61. The highest BCUT2D eigenvalue weighted by Gasteiger charge is 2.22. The fourth-order valence-corrected chi connectivity index (χ4v) is 1.23. The lowest BCUT2D eigenvalue weighted by atomic mass is 10.2. The number of urea groups is 1. The molecule has 1 aliphatic carbocycles. The molecule has 2 amide bonds. The van der Waals surface area contributed by atoms with Crippen molar-refractivity contribution < 1.29 is 9.59 Å². The second-order valence-electron chi connectivity index (χ2n) is 3.61. The number of hydrogen-bond acceptors (Lipinski definition) is 2. The van der Waals surface area contributed by atoms with Crippen molar-refractivity contribution in [3.63, 3.8) is 0 Å². The van der Waals surface area contributed by atoms with Crippen LogP contribution in [0.4, 0.5) is 10.5 Å². The Morgan fingerprint density at radius 3 is 2.47 bits per heavy atom. The summed E-state index contributed by atoms with van der Waals surface area (Å²) >= 11 is 0. The first kappa shape index (κ1) is 9.71. The third kappa shape index (κ3) is 2.80. The van der Waals surface area contributed by atoms with Crippen LogP contribution in [0.1, 0.15) is 23.2 Å². The molecule has 4 heteroatoms. The quantitative estimate of drug-likeness (QED) is 0.737. The second kappa shape index (κ2) is 4.13. The van der Waals surface area contributed by atoms with Crippen LogP contribution in [0, 0.1) is 0 Å². The third-order valence-corrected chi connectivity index (χ3v) is 2.22. The summed E-state index contributed by atoms with van der Waals surface area (Å²) in [6.45, 7) is 0. The van der Waals surface area contributed by atoms with Crippen molar-refractivity contribution in [2.75, 3.05) is 5.32 Å². The van der Waals surface area contributed by atoms with Crippen LogP contribution < -0.4 is 10.6 Å². The Bertz CT molecular complexity index is 369. The standard InChI is InChI=1S/C11H12N2O2/c14-7-8-1-3-9(4-2-8)12-11(15)13-10-5-6-10/h1-4,7,10H,5-6H2,(H2,12,13,15). The summed E-state index contributed by atoms with van der Waals surface area (Å²) in [5, 5.41) is 5.51. The van der Waals surface area contributed by atoms with E-state index in [1.807, 2.05) is 0 Å². The molecule has 4 nitrogen and oxygen atoms in total. The van der Waals surface area contributed by atoms with Gasteiger partial charge in [0.2, 0.25) is 0 Å². The lowest BCUT2D eigenvalue weighted by Gasteiger charge is -2.06. The van der Waals surface area contributed by atoms with Gasteiger partial charge in [-0.05, 0) is 37.1 Å². The Hall–Kier alpha value is -1.84. The van der Waals surface area contributed by atoms with Crippen LogP contribution in [0.5, 0.6) is 0 Å². The number of amides is 2. The van der Waals surface area contributed by atoms with E-state index < -0.39 is 0 Å². The zero-order chi connectivity index (χ0) is 10.7. The van der Waals surface area contributed by atoms with Gasteiger partial charge in [-0.1, -0.05) is 0 Å². The number of anilines is 1. The van der Waals surface area contributed by atoms with Crippen molar-refractivity contribution in [3.8, 4) is 0 Å². The first-order valence-corrected chi connectivity index (χ1v) is 4.91. The fourth-order valence-electron chi connectivity index (χ4n) is 1.23. The van der Waals surface area contributed by atoms with Crippen molar-refractivity contribution in [1.82, 2.24) is 5.32 Å². The van der Waals surface area contributed by atoms with Crippen molar-refractivity contribution in [1.29, 1.82) is 0 Å². The van der Waals surface area contributed by atoms with Crippen molar-refractivity contribution in [2.24, 2.45) is 0 Å². The molecule has 0 heterocycles. The highest BCUT2D eigenvalue weighted by atomic mass is 16.2. The number of carbonyl (C=O) groups is 2. The Balaban J connectivity index is 1.91. The average molecular weight is 204 g/mol. The highest BCUT2D eigenvalue weighted by molar-refractivity contribution is 5.90. The van der Waals surface area contributed by atoms with Gasteiger partial charge in [-0.15, -0.1) is 0 Å². The monoisotopic (exact) mass is 204 g/mol. The molecule has 1 aromatic rings. The van der Waals surface area contributed by atoms with Crippen molar-refractivity contribution in [3.05, 3.63) is 29.8 Å². The summed E-state index contributed by atoms with van der Waals surface area (Å²) in [6.07, 6.45) is 2.91. The van der Waals surface area contributed by atoms with E-state index in [1.165, 1.54) is 0 Å². The Morgan fingerprint density at radius 1 is 1.27 bits per heavy atom. The maximum Gasteiger partial charge on any atom is 0.319 e. The van der Waals surface area contributed by atoms with Gasteiger partial charge >= 0.3 is 6.03 Å². The van der Waals surface area contributed by atoms with Gasteiger partial charge in [-0.25, -0.2) is 4.79 Å². The molecule has 0 unspecified atom stereocenters. The van der Waals surface area contributed by atoms with Crippen LogP contribution in [0.15, 0.2) is 24.3 Å². The first-order valence-electron chi connectivity index (χ1n) is 4.91. The largest absolute Gasteiger partial charge is 0.335 e. The Labute approximate surface area is 87.7 Å². The third-order valence-electron chi connectivity index (χ3n) is 2.22. The number of nitrogens with one attached hydrogen (secondary N) is 2. The van der Waals surface area contributed by atoms with Crippen LogP contribution >= 0.6 is 0 Å². The van der Waals surface area contributed by atoms with E-state index in [9.17, 15) is 9.59 Å². The lowest BCUT2D eigenvalue weighted by molar-refractivity contribution is 0.112. The zero-order valence-corrected chi connectivity index (χ0v) is 8.19. The van der Waals surface area contributed by atoms with Gasteiger partial charge in [0.05, 0.1) is 0 Å². The molecule has 1 aliphatic rings. The topological polar surface area (TPSA) is 58.2 Å². The van der Waals surface area contributed by atoms with Crippen LogP contribution in [0.25, 0.3) is 0 Å². The molecule has 15 heavy (non-hydrogen) atoms. The average Bonchev–Trinajstić information content (AvgIpc) is 3.03. The minimum atomic E-state index is -0.184. The number of benzene rings is 1. The number of carbonyl (C=O) groups excluding carboxylic acids is 2. The zero-order valence-electron chi connectivity index (χ0n) is 8.19. The van der Waals surface area contributed by atoms with E-state index in [0.717, 1.165) is 19.1 Å². The Morgan fingerprint density at radius 2 is 1.93 bits per heavy atom. The van der Waals surface area contributed by atoms with E-state index in [-0.39, 0.29) is 6.03 Å². The molecule has 1 fully saturated rings. The van der Waals surface area contributed by atoms with E-state index in [0.29, 0.717) is 17.3 Å². The van der Waals surface area contributed by atoms with Gasteiger partial charge in [0.1, 0.15) is 6.29 Å². The number of hydrogen-bond donors (Lipinski definition) is 2. The molecule has 2 N–H and O–H groups in total. The first-order chi connectivity index (χ1) is 7.28. The van der Waals surface area contributed by atoms with Gasteiger partial charge in [-0.2, -0.15) is 0 Å². The molecule has 0 spiro atoms. The van der Waals surface area contributed by atoms with E-state index >= 15 is 0 Å². The molecule has 0 radical (unpaired) electrons. The molecular weight excluding hydrogens is 192 g/mol. The molecule has 0 atom stereocenters. The molecular formula is C11H12N2O2. The van der Waals surface area contributed by atoms with Crippen molar-refractivity contribution in [2.45, 2.75) is 18.9 Å². The van der Waals surface area contributed by atoms with Gasteiger partial charge in [0.25, 0.3) is 0 Å². The summed E-state index contributed by atoms with van der Waals surface area (Å²) < 4.78 is 0. The summed E-state index contributed by atoms with van der Waals surface area (Å²) in [5.41, 5.74) is 1.29. The summed E-state index contributed by atoms with van der Waals surface area (Å²) in [6, 6.07) is 6.90.